The molecule has 1 atom stereocenters. The molecule has 1 aliphatic heterocycles. The average molecular weight is 399 g/mol. The van der Waals surface area contributed by atoms with E-state index in [-0.39, 0.29) is 0 Å². The number of nitrogens with zero attached hydrogens (tertiary/aromatic N) is 1. The fourth-order valence-electron chi connectivity index (χ4n) is 3.61. The topological polar surface area (TPSA) is 55.8 Å². The highest BCUT2D eigenvalue weighted by molar-refractivity contribution is 6.51. The van der Waals surface area contributed by atoms with Crippen molar-refractivity contribution in [2.24, 2.45) is 0 Å². The van der Waals surface area contributed by atoms with Crippen LogP contribution >= 0.6 is 0 Å². The van der Waals surface area contributed by atoms with E-state index in [9.17, 15) is 9.59 Å². The van der Waals surface area contributed by atoms with E-state index in [2.05, 4.69) is 0 Å². The number of para-hydroxylation sites is 1. The van der Waals surface area contributed by atoms with Crippen LogP contribution in [0.4, 0.5) is 5.69 Å². The minimum absolute atomic E-state index is 0.430. The van der Waals surface area contributed by atoms with E-state index in [1.165, 1.54) is 0 Å². The summed E-state index contributed by atoms with van der Waals surface area (Å²) in [6.07, 6.45) is 1.78. The zero-order chi connectivity index (χ0) is 21.1. The molecule has 1 fully saturated rings. The predicted molar refractivity (Wildman–Crippen MR) is 116 cm³/mol. The number of hydrogen-bond acceptors (Lipinski definition) is 4. The van der Waals surface area contributed by atoms with Gasteiger partial charge in [-0.1, -0.05) is 42.5 Å². The molecule has 0 aromatic heterocycles. The van der Waals surface area contributed by atoms with Gasteiger partial charge < -0.3 is 9.47 Å². The van der Waals surface area contributed by atoms with Crippen molar-refractivity contribution in [2.45, 2.75) is 6.04 Å². The van der Waals surface area contributed by atoms with Crippen molar-refractivity contribution in [3.8, 4) is 11.5 Å². The highest BCUT2D eigenvalue weighted by Gasteiger charge is 2.44. The van der Waals surface area contributed by atoms with Gasteiger partial charge in [0.15, 0.2) is 0 Å². The molecule has 1 saturated heterocycles. The van der Waals surface area contributed by atoms with Gasteiger partial charge in [-0.05, 0) is 53.6 Å². The number of ketones is 1. The van der Waals surface area contributed by atoms with Crippen molar-refractivity contribution >= 4 is 23.5 Å². The standard InChI is InChI=1S/C25H21NO4/c1-29-20-12-8-17(9-13-20)16-22-23(18-10-14-21(30-2)15-11-18)26(25(28)24(22)27)19-6-4-3-5-7-19/h3-16,23H,1-2H3/b22-16+. The first-order valence-electron chi connectivity index (χ1n) is 9.55. The van der Waals surface area contributed by atoms with Crippen LogP contribution in [0.1, 0.15) is 17.2 Å². The van der Waals surface area contributed by atoms with Gasteiger partial charge in [-0.2, -0.15) is 0 Å². The monoisotopic (exact) mass is 399 g/mol. The Balaban J connectivity index is 1.84. The highest BCUT2D eigenvalue weighted by Crippen LogP contribution is 2.40. The minimum atomic E-state index is -0.540. The summed E-state index contributed by atoms with van der Waals surface area (Å²) in [7, 11) is 3.20. The Labute approximate surface area is 175 Å². The summed E-state index contributed by atoms with van der Waals surface area (Å²) >= 11 is 0. The molecule has 0 spiro atoms. The van der Waals surface area contributed by atoms with E-state index in [0.717, 1.165) is 16.9 Å². The lowest BCUT2D eigenvalue weighted by Gasteiger charge is -2.25. The largest absolute Gasteiger partial charge is 0.497 e. The number of benzene rings is 3. The molecule has 0 radical (unpaired) electrons. The van der Waals surface area contributed by atoms with Crippen LogP contribution in [0, 0.1) is 0 Å². The Hall–Kier alpha value is -3.86. The lowest BCUT2D eigenvalue weighted by atomic mass is 9.96. The van der Waals surface area contributed by atoms with Gasteiger partial charge in [0, 0.05) is 11.3 Å². The number of anilines is 1. The van der Waals surface area contributed by atoms with E-state index in [1.807, 2.05) is 78.9 Å². The lowest BCUT2D eigenvalue weighted by Crippen LogP contribution is -2.29. The maximum absolute atomic E-state index is 13.0. The molecule has 0 aliphatic carbocycles. The van der Waals surface area contributed by atoms with Gasteiger partial charge in [-0.15, -0.1) is 0 Å². The molecule has 3 aromatic rings. The molecular weight excluding hydrogens is 378 g/mol. The number of rotatable bonds is 5. The van der Waals surface area contributed by atoms with E-state index < -0.39 is 17.7 Å². The van der Waals surface area contributed by atoms with Crippen molar-refractivity contribution in [2.75, 3.05) is 19.1 Å². The van der Waals surface area contributed by atoms with Gasteiger partial charge in [0.05, 0.1) is 20.3 Å². The predicted octanol–water partition coefficient (Wildman–Crippen LogP) is 4.44. The summed E-state index contributed by atoms with van der Waals surface area (Å²) in [6.45, 7) is 0. The van der Waals surface area contributed by atoms with Crippen LogP contribution in [0.3, 0.4) is 0 Å². The Morgan fingerprint density at radius 1 is 0.767 bits per heavy atom. The summed E-state index contributed by atoms with van der Waals surface area (Å²) in [4.78, 5) is 27.6. The first-order valence-corrected chi connectivity index (χ1v) is 9.55. The number of amides is 1. The quantitative estimate of drug-likeness (QED) is 0.470. The molecule has 0 bridgehead atoms. The van der Waals surface area contributed by atoms with Crippen LogP contribution < -0.4 is 14.4 Å². The molecule has 1 aliphatic rings. The second-order valence-corrected chi connectivity index (χ2v) is 6.89. The van der Waals surface area contributed by atoms with Crippen molar-refractivity contribution in [1.29, 1.82) is 0 Å². The van der Waals surface area contributed by atoms with Crippen molar-refractivity contribution in [1.82, 2.24) is 0 Å². The van der Waals surface area contributed by atoms with Crippen LogP contribution in [-0.4, -0.2) is 25.9 Å². The smallest absolute Gasteiger partial charge is 0.299 e. The molecule has 0 N–H and O–H groups in total. The van der Waals surface area contributed by atoms with E-state index in [4.69, 9.17) is 9.47 Å². The molecule has 30 heavy (non-hydrogen) atoms. The summed E-state index contributed by atoms with van der Waals surface area (Å²) in [5, 5.41) is 0. The summed E-state index contributed by atoms with van der Waals surface area (Å²) < 4.78 is 10.5. The SMILES string of the molecule is COc1ccc(/C=C2/C(=O)C(=O)N(c3ccccc3)C2c2ccc(OC)cc2)cc1. The van der Waals surface area contributed by atoms with E-state index in [0.29, 0.717) is 17.0 Å². The van der Waals surface area contributed by atoms with Crippen LogP contribution in [0.25, 0.3) is 6.08 Å². The van der Waals surface area contributed by atoms with Crippen molar-refractivity contribution in [3.05, 3.63) is 95.6 Å². The van der Waals surface area contributed by atoms with Crippen molar-refractivity contribution < 1.29 is 19.1 Å². The minimum Gasteiger partial charge on any atom is -0.497 e. The lowest BCUT2D eigenvalue weighted by molar-refractivity contribution is -0.132. The zero-order valence-electron chi connectivity index (χ0n) is 16.7. The maximum Gasteiger partial charge on any atom is 0.299 e. The Kier molecular flexibility index (Phi) is 5.35. The number of methoxy groups -OCH3 is 2. The molecule has 1 unspecified atom stereocenters. The Morgan fingerprint density at radius 3 is 1.90 bits per heavy atom. The third kappa shape index (κ3) is 3.57. The second kappa shape index (κ2) is 8.25. The van der Waals surface area contributed by atoms with Crippen LogP contribution in [0.5, 0.6) is 11.5 Å². The van der Waals surface area contributed by atoms with Crippen LogP contribution in [-0.2, 0) is 9.59 Å². The van der Waals surface area contributed by atoms with Gasteiger partial charge in [0.2, 0.25) is 5.78 Å². The molecule has 3 aromatic carbocycles. The number of hydrogen-bond donors (Lipinski definition) is 0. The molecule has 150 valence electrons. The van der Waals surface area contributed by atoms with Crippen LogP contribution in [0.15, 0.2) is 84.4 Å². The number of carbonyl (C=O) groups excluding carboxylic acids is 2. The molecule has 1 heterocycles. The second-order valence-electron chi connectivity index (χ2n) is 6.89. The normalized spacial score (nSPS) is 17.5. The first-order chi connectivity index (χ1) is 14.6. The number of Topliss-reactive ketones (excluding diaryl/α,β-unsaturated/α-hetero) is 1. The van der Waals surface area contributed by atoms with Gasteiger partial charge >= 0.3 is 0 Å². The van der Waals surface area contributed by atoms with Gasteiger partial charge in [0.25, 0.3) is 5.91 Å². The highest BCUT2D eigenvalue weighted by atomic mass is 16.5. The van der Waals surface area contributed by atoms with Crippen LogP contribution in [0.2, 0.25) is 0 Å². The zero-order valence-corrected chi connectivity index (χ0v) is 16.7. The molecule has 5 nitrogen and oxygen atoms in total. The first kappa shape index (κ1) is 19.5. The Bertz CT molecular complexity index is 1090. The summed E-state index contributed by atoms with van der Waals surface area (Å²) in [6, 6.07) is 23.5. The molecule has 5 heteroatoms. The Morgan fingerprint density at radius 2 is 1.33 bits per heavy atom. The molecular formula is C25H21NO4. The third-order valence-corrected chi connectivity index (χ3v) is 5.13. The number of ether oxygens (including phenoxy) is 2. The molecule has 0 saturated carbocycles. The fraction of sp³-hybridized carbons (Fsp3) is 0.120. The number of carbonyl (C=O) groups is 2. The van der Waals surface area contributed by atoms with Gasteiger partial charge in [-0.3, -0.25) is 14.5 Å². The third-order valence-electron chi connectivity index (χ3n) is 5.13. The van der Waals surface area contributed by atoms with Crippen molar-refractivity contribution in [3.63, 3.8) is 0 Å². The maximum atomic E-state index is 13.0. The molecule has 4 rings (SSSR count). The fourth-order valence-corrected chi connectivity index (χ4v) is 3.61. The van der Waals surface area contributed by atoms with E-state index in [1.54, 1.807) is 25.2 Å². The summed E-state index contributed by atoms with van der Waals surface area (Å²) in [5.74, 6) is 0.391. The molecule has 1 amide bonds. The average Bonchev–Trinajstić information content (AvgIpc) is 3.05. The van der Waals surface area contributed by atoms with Gasteiger partial charge in [0.1, 0.15) is 11.5 Å². The van der Waals surface area contributed by atoms with Gasteiger partial charge in [-0.25, -0.2) is 0 Å². The summed E-state index contributed by atoms with van der Waals surface area (Å²) in [5.41, 5.74) is 2.76. The van der Waals surface area contributed by atoms with E-state index >= 15 is 0 Å².